The van der Waals surface area contributed by atoms with E-state index in [4.69, 9.17) is 14.0 Å². The van der Waals surface area contributed by atoms with Crippen molar-refractivity contribution >= 4 is 0 Å². The molecule has 31 heavy (non-hydrogen) atoms. The van der Waals surface area contributed by atoms with Crippen LogP contribution >= 0.6 is 0 Å². The molecular formula is C21H28F3N3O4. The first kappa shape index (κ1) is 22.3. The molecule has 2 aromatic rings. The number of hydrogen-bond acceptors (Lipinski definition) is 6. The van der Waals surface area contributed by atoms with Gasteiger partial charge in [0.25, 0.3) is 0 Å². The van der Waals surface area contributed by atoms with Gasteiger partial charge in [0.2, 0.25) is 5.60 Å². The van der Waals surface area contributed by atoms with Crippen molar-refractivity contribution in [3.05, 3.63) is 23.1 Å². The van der Waals surface area contributed by atoms with Crippen LogP contribution in [0, 0.1) is 0 Å². The molecule has 1 fully saturated rings. The maximum Gasteiger partial charge on any atom is 0.422 e. The van der Waals surface area contributed by atoms with Crippen LogP contribution in [-0.4, -0.2) is 45.7 Å². The van der Waals surface area contributed by atoms with Crippen LogP contribution < -0.4 is 0 Å². The van der Waals surface area contributed by atoms with E-state index in [1.54, 1.807) is 13.3 Å². The van der Waals surface area contributed by atoms with Gasteiger partial charge in [0.05, 0.1) is 29.1 Å². The maximum atomic E-state index is 13.4. The monoisotopic (exact) mass is 443 g/mol. The first-order valence-corrected chi connectivity index (χ1v) is 10.5. The van der Waals surface area contributed by atoms with Crippen LogP contribution in [0.25, 0.3) is 11.3 Å². The van der Waals surface area contributed by atoms with E-state index in [1.165, 1.54) is 0 Å². The van der Waals surface area contributed by atoms with E-state index in [0.29, 0.717) is 24.5 Å². The van der Waals surface area contributed by atoms with Crippen LogP contribution in [0.1, 0.15) is 75.4 Å². The lowest BCUT2D eigenvalue weighted by molar-refractivity contribution is -0.261. The van der Waals surface area contributed by atoms with Gasteiger partial charge in [-0.15, -0.1) is 0 Å². The Bertz CT molecular complexity index is 942. The smallest absolute Gasteiger partial charge is 0.375 e. The zero-order valence-electron chi connectivity index (χ0n) is 18.1. The Kier molecular flexibility index (Phi) is 5.46. The van der Waals surface area contributed by atoms with Crippen LogP contribution in [0.3, 0.4) is 0 Å². The van der Waals surface area contributed by atoms with E-state index in [2.05, 4.69) is 17.2 Å². The summed E-state index contributed by atoms with van der Waals surface area (Å²) in [5, 5.41) is 18.4. The molecule has 4 rings (SSSR count). The fourth-order valence-corrected chi connectivity index (χ4v) is 4.72. The van der Waals surface area contributed by atoms with Crippen LogP contribution in [-0.2, 0) is 21.5 Å². The molecule has 2 aliphatic rings. The maximum absolute atomic E-state index is 13.4. The molecule has 10 heteroatoms. The molecule has 2 heterocycles. The second-order valence-electron chi connectivity index (χ2n) is 9.13. The topological polar surface area (TPSA) is 82.5 Å². The summed E-state index contributed by atoms with van der Waals surface area (Å²) in [6.45, 7) is 4.87. The Morgan fingerprint density at radius 3 is 2.61 bits per heavy atom. The van der Waals surface area contributed by atoms with Crippen LogP contribution in [0.5, 0.6) is 0 Å². The highest BCUT2D eigenvalue weighted by molar-refractivity contribution is 5.68. The van der Waals surface area contributed by atoms with Gasteiger partial charge in [0.15, 0.2) is 5.76 Å². The zero-order valence-corrected chi connectivity index (χ0v) is 18.1. The number of methoxy groups -OCH3 is 1. The summed E-state index contributed by atoms with van der Waals surface area (Å²) in [5.74, 6) is -0.0319. The van der Waals surface area contributed by atoms with Gasteiger partial charge in [-0.1, -0.05) is 12.1 Å². The van der Waals surface area contributed by atoms with E-state index in [1.807, 2.05) is 11.6 Å². The van der Waals surface area contributed by atoms with E-state index >= 15 is 0 Å². The fourth-order valence-electron chi connectivity index (χ4n) is 4.72. The number of aromatic nitrogens is 3. The first-order valence-electron chi connectivity index (χ1n) is 10.5. The number of nitrogens with zero attached hydrogens (tertiary/aromatic N) is 3. The molecule has 2 atom stereocenters. The van der Waals surface area contributed by atoms with Gasteiger partial charge in [-0.05, 0) is 51.9 Å². The number of aliphatic hydroxyl groups is 1. The molecule has 2 aromatic heterocycles. The van der Waals surface area contributed by atoms with Crippen LogP contribution in [0.15, 0.2) is 10.7 Å². The minimum absolute atomic E-state index is 0.178. The van der Waals surface area contributed by atoms with Crippen molar-refractivity contribution in [3.63, 3.8) is 0 Å². The SMILES string of the molecule is COCOC1(C)CCC(n2ncc3c2C[C@@H](C)c2c([C@](C)(O)C(F)(F)F)noc2-3)CC1. The van der Waals surface area contributed by atoms with Crippen molar-refractivity contribution in [2.24, 2.45) is 0 Å². The quantitative estimate of drug-likeness (QED) is 0.687. The number of ether oxygens (including phenoxy) is 2. The van der Waals surface area contributed by atoms with Gasteiger partial charge in [0, 0.05) is 12.7 Å². The minimum atomic E-state index is -4.86. The summed E-state index contributed by atoms with van der Waals surface area (Å²) in [6, 6.07) is 0.178. The highest BCUT2D eigenvalue weighted by Crippen LogP contribution is 2.48. The lowest BCUT2D eigenvalue weighted by atomic mass is 9.81. The molecule has 172 valence electrons. The van der Waals surface area contributed by atoms with Crippen molar-refractivity contribution < 1.29 is 32.3 Å². The van der Waals surface area contributed by atoms with Gasteiger partial charge >= 0.3 is 6.18 Å². The minimum Gasteiger partial charge on any atom is -0.375 e. The average Bonchev–Trinajstić information content (AvgIpc) is 3.31. The molecule has 1 saturated carbocycles. The van der Waals surface area contributed by atoms with Gasteiger partial charge in [-0.2, -0.15) is 18.3 Å². The molecular weight excluding hydrogens is 415 g/mol. The third-order valence-corrected chi connectivity index (χ3v) is 6.76. The number of fused-ring (bicyclic) bond motifs is 3. The van der Waals surface area contributed by atoms with Crippen molar-refractivity contribution in [1.29, 1.82) is 0 Å². The second-order valence-corrected chi connectivity index (χ2v) is 9.13. The summed E-state index contributed by atoms with van der Waals surface area (Å²) >= 11 is 0. The Labute approximate surface area is 178 Å². The van der Waals surface area contributed by atoms with Gasteiger partial charge in [-0.3, -0.25) is 4.68 Å². The number of rotatable bonds is 5. The molecule has 1 N–H and O–H groups in total. The van der Waals surface area contributed by atoms with Crippen molar-refractivity contribution in [2.75, 3.05) is 13.9 Å². The predicted molar refractivity (Wildman–Crippen MR) is 104 cm³/mol. The van der Waals surface area contributed by atoms with Crippen molar-refractivity contribution in [1.82, 2.24) is 14.9 Å². The summed E-state index contributed by atoms with van der Waals surface area (Å²) in [6.07, 6.45) is 0.737. The summed E-state index contributed by atoms with van der Waals surface area (Å²) in [7, 11) is 1.60. The average molecular weight is 443 g/mol. The molecule has 0 aliphatic heterocycles. The molecule has 0 unspecified atom stereocenters. The van der Waals surface area contributed by atoms with Crippen LogP contribution in [0.4, 0.5) is 13.2 Å². The Morgan fingerprint density at radius 1 is 1.32 bits per heavy atom. The number of alkyl halides is 3. The molecule has 7 nitrogen and oxygen atoms in total. The molecule has 0 amide bonds. The Hall–Kier alpha value is -1.91. The highest BCUT2D eigenvalue weighted by Gasteiger charge is 2.55. The van der Waals surface area contributed by atoms with Gasteiger partial charge in [-0.25, -0.2) is 0 Å². The lowest BCUT2D eigenvalue weighted by Crippen LogP contribution is -2.40. The highest BCUT2D eigenvalue weighted by atomic mass is 19.4. The largest absolute Gasteiger partial charge is 0.422 e. The first-order chi connectivity index (χ1) is 14.5. The summed E-state index contributed by atoms with van der Waals surface area (Å²) in [5.41, 5.74) is -1.90. The zero-order chi connectivity index (χ0) is 22.6. The fraction of sp³-hybridized carbons (Fsp3) is 0.714. The molecule has 0 radical (unpaired) electrons. The van der Waals surface area contributed by atoms with Crippen molar-refractivity contribution in [3.8, 4) is 11.3 Å². The summed E-state index contributed by atoms with van der Waals surface area (Å²) < 4.78 is 58.4. The summed E-state index contributed by atoms with van der Waals surface area (Å²) in [4.78, 5) is 0. The molecule has 0 saturated heterocycles. The third kappa shape index (κ3) is 3.68. The molecule has 2 aliphatic carbocycles. The standard InChI is InChI=1S/C21H28F3N3O4/c1-12-9-15-14(17-16(12)18(26-31-17)20(3,28)21(22,23)24)10-25-27(15)13-5-7-19(2,8-6-13)30-11-29-4/h10,12-13,28H,5-9,11H2,1-4H3/t12-,13?,19?,20+/m1/s1. The van der Waals surface area contributed by atoms with E-state index in [9.17, 15) is 18.3 Å². The molecule has 0 bridgehead atoms. The normalized spacial score (nSPS) is 28.1. The van der Waals surface area contributed by atoms with Gasteiger partial charge in [0.1, 0.15) is 12.5 Å². The van der Waals surface area contributed by atoms with E-state index < -0.39 is 17.5 Å². The molecule has 0 aromatic carbocycles. The Morgan fingerprint density at radius 2 is 2.00 bits per heavy atom. The number of halogens is 3. The van der Waals surface area contributed by atoms with E-state index in [-0.39, 0.29) is 30.1 Å². The molecule has 0 spiro atoms. The predicted octanol–water partition coefficient (Wildman–Crippen LogP) is 4.46. The van der Waals surface area contributed by atoms with Crippen molar-refractivity contribution in [2.45, 2.75) is 82.2 Å². The lowest BCUT2D eigenvalue weighted by Gasteiger charge is -2.37. The Balaban J connectivity index is 1.62. The number of hydrogen-bond donors (Lipinski definition) is 1. The third-order valence-electron chi connectivity index (χ3n) is 6.76. The second kappa shape index (κ2) is 7.60. The van der Waals surface area contributed by atoms with Crippen LogP contribution in [0.2, 0.25) is 0 Å². The van der Waals surface area contributed by atoms with Gasteiger partial charge < -0.3 is 19.1 Å². The van der Waals surface area contributed by atoms with E-state index in [0.717, 1.165) is 31.4 Å².